The molecule has 2 aromatic carbocycles. The highest BCUT2D eigenvalue weighted by Crippen LogP contribution is 2.41. The number of primary amides is 1. The van der Waals surface area contributed by atoms with E-state index in [4.69, 9.17) is 38.3 Å². The lowest BCUT2D eigenvalue weighted by Gasteiger charge is -2.20. The van der Waals surface area contributed by atoms with Crippen LogP contribution in [0.1, 0.15) is 38.2 Å². The molecule has 0 spiro atoms. The van der Waals surface area contributed by atoms with Crippen LogP contribution < -0.4 is 11.1 Å². The minimum atomic E-state index is -1.84. The van der Waals surface area contributed by atoms with Crippen molar-refractivity contribution in [3.05, 3.63) is 70.4 Å². The quantitative estimate of drug-likeness (QED) is 0.193. The summed E-state index contributed by atoms with van der Waals surface area (Å²) in [6.07, 6.45) is 0. The lowest BCUT2D eigenvalue weighted by molar-refractivity contribution is -0.136. The number of aliphatic hydroxyl groups is 1. The highest BCUT2D eigenvalue weighted by molar-refractivity contribution is 6.33. The van der Waals surface area contributed by atoms with E-state index in [9.17, 15) is 19.5 Å². The highest BCUT2D eigenvalue weighted by atomic mass is 35.5. The molecule has 0 aliphatic rings. The van der Waals surface area contributed by atoms with E-state index in [1.54, 1.807) is 48.5 Å². The molecule has 10 heteroatoms. The maximum atomic E-state index is 13.2. The molecule has 8 nitrogen and oxygen atoms in total. The molecule has 0 atom stereocenters. The van der Waals surface area contributed by atoms with E-state index in [-0.39, 0.29) is 22.5 Å². The Morgan fingerprint density at radius 1 is 0.974 bits per heavy atom. The second kappa shape index (κ2) is 9.87. The third-order valence-electron chi connectivity index (χ3n) is 6.15. The van der Waals surface area contributed by atoms with Crippen molar-refractivity contribution in [2.24, 2.45) is 11.1 Å². The summed E-state index contributed by atoms with van der Waals surface area (Å²) in [6.45, 7) is 5.31. The average molecular weight is 554 g/mol. The Labute approximate surface area is 228 Å². The van der Waals surface area contributed by atoms with E-state index in [2.05, 4.69) is 5.32 Å². The minimum Gasteiger partial charge on any atom is -0.432 e. The maximum absolute atomic E-state index is 13.2. The van der Waals surface area contributed by atoms with Crippen LogP contribution in [0.15, 0.2) is 59.0 Å². The summed E-state index contributed by atoms with van der Waals surface area (Å²) in [4.78, 5) is 42.9. The monoisotopic (exact) mass is 553 g/mol. The predicted molar refractivity (Wildman–Crippen MR) is 147 cm³/mol. The standard InChI is InChI=1S/C28H25Cl2N3O5/c1-27(2,25(31)35)26(36)33-21-18-13-17(14-9-11-15(29)12-10-14)20(16-7-5-6-8-19(16)30)32-24(18)38-22(21)23(34)28(3,4)37/h5-13,37H,1-4H3,(H2,31,35)(H,33,36). The number of nitrogens with one attached hydrogen (secondary N) is 1. The zero-order valence-electron chi connectivity index (χ0n) is 21.1. The van der Waals surface area contributed by atoms with E-state index in [1.807, 2.05) is 6.07 Å². The number of carbonyl (C=O) groups is 3. The fourth-order valence-corrected chi connectivity index (χ4v) is 4.03. The second-order valence-corrected chi connectivity index (χ2v) is 10.7. The van der Waals surface area contributed by atoms with Gasteiger partial charge < -0.3 is 20.6 Å². The maximum Gasteiger partial charge on any atom is 0.239 e. The molecule has 0 saturated heterocycles. The van der Waals surface area contributed by atoms with Gasteiger partial charge >= 0.3 is 0 Å². The first kappa shape index (κ1) is 27.3. The van der Waals surface area contributed by atoms with Crippen molar-refractivity contribution in [3.63, 3.8) is 0 Å². The summed E-state index contributed by atoms with van der Waals surface area (Å²) < 4.78 is 5.86. The molecule has 4 N–H and O–H groups in total. The van der Waals surface area contributed by atoms with Crippen molar-refractivity contribution in [1.82, 2.24) is 4.98 Å². The van der Waals surface area contributed by atoms with E-state index >= 15 is 0 Å². The average Bonchev–Trinajstić information content (AvgIpc) is 3.19. The normalized spacial score (nSPS) is 12.0. The van der Waals surface area contributed by atoms with E-state index < -0.39 is 28.6 Å². The van der Waals surface area contributed by atoms with Crippen molar-refractivity contribution in [2.75, 3.05) is 5.32 Å². The van der Waals surface area contributed by atoms with Crippen LogP contribution in [0.25, 0.3) is 33.5 Å². The van der Waals surface area contributed by atoms with Gasteiger partial charge in [0.2, 0.25) is 23.3 Å². The Kier molecular flexibility index (Phi) is 7.09. The van der Waals surface area contributed by atoms with Crippen LogP contribution in [0.2, 0.25) is 10.0 Å². The van der Waals surface area contributed by atoms with Gasteiger partial charge in [-0.1, -0.05) is 53.5 Å². The van der Waals surface area contributed by atoms with Crippen LogP contribution in [0.4, 0.5) is 5.69 Å². The van der Waals surface area contributed by atoms with Gasteiger partial charge in [-0.2, -0.15) is 0 Å². The number of ketones is 1. The smallest absolute Gasteiger partial charge is 0.239 e. The van der Waals surface area contributed by atoms with Crippen molar-refractivity contribution in [2.45, 2.75) is 33.3 Å². The molecule has 4 rings (SSSR count). The van der Waals surface area contributed by atoms with Crippen LogP contribution >= 0.6 is 23.2 Å². The molecule has 0 bridgehead atoms. The number of amides is 2. The van der Waals surface area contributed by atoms with Crippen LogP contribution in [0.3, 0.4) is 0 Å². The van der Waals surface area contributed by atoms with E-state index in [0.717, 1.165) is 5.56 Å². The van der Waals surface area contributed by atoms with Crippen molar-refractivity contribution >= 4 is 57.6 Å². The molecule has 2 aromatic heterocycles. The van der Waals surface area contributed by atoms with Crippen LogP contribution in [-0.2, 0) is 9.59 Å². The molecule has 0 aliphatic heterocycles. The number of carbonyl (C=O) groups excluding carboxylic acids is 3. The number of pyridine rings is 1. The number of nitrogens with zero attached hydrogens (tertiary/aromatic N) is 1. The van der Waals surface area contributed by atoms with Crippen molar-refractivity contribution in [1.29, 1.82) is 0 Å². The van der Waals surface area contributed by atoms with E-state index in [0.29, 0.717) is 26.9 Å². The third-order valence-corrected chi connectivity index (χ3v) is 6.73. The molecule has 38 heavy (non-hydrogen) atoms. The molecule has 196 valence electrons. The number of hydrogen-bond donors (Lipinski definition) is 3. The topological polar surface area (TPSA) is 136 Å². The molecule has 2 heterocycles. The molecular weight excluding hydrogens is 529 g/mol. The first-order chi connectivity index (χ1) is 17.7. The van der Waals surface area contributed by atoms with E-state index in [1.165, 1.54) is 27.7 Å². The summed E-state index contributed by atoms with van der Waals surface area (Å²) in [5, 5.41) is 14.3. The number of nitrogens with two attached hydrogens (primary N) is 1. The van der Waals surface area contributed by atoms with Gasteiger partial charge in [-0.3, -0.25) is 14.4 Å². The van der Waals surface area contributed by atoms with Gasteiger partial charge in [0.25, 0.3) is 0 Å². The molecule has 4 aromatic rings. The number of benzene rings is 2. The summed E-state index contributed by atoms with van der Waals surface area (Å²) >= 11 is 12.6. The molecular formula is C28H25Cl2N3O5. The van der Waals surface area contributed by atoms with Crippen molar-refractivity contribution in [3.8, 4) is 22.4 Å². The summed E-state index contributed by atoms with van der Waals surface area (Å²) in [5.74, 6) is -2.75. The fraction of sp³-hybridized carbons (Fsp3) is 0.214. The first-order valence-corrected chi connectivity index (χ1v) is 12.3. The molecule has 0 unspecified atom stereocenters. The number of Topliss-reactive ketones (excluding diaryl/α,β-unsaturated/α-hetero) is 1. The predicted octanol–water partition coefficient (Wildman–Crippen LogP) is 5.87. The Hall–Kier alpha value is -3.72. The van der Waals surface area contributed by atoms with Gasteiger partial charge in [0.05, 0.1) is 11.1 Å². The zero-order chi connectivity index (χ0) is 28.0. The third kappa shape index (κ3) is 5.03. The Balaban J connectivity index is 2.05. The Morgan fingerprint density at radius 3 is 2.18 bits per heavy atom. The van der Waals surface area contributed by atoms with Crippen molar-refractivity contribution < 1.29 is 23.9 Å². The lowest BCUT2D eigenvalue weighted by Crippen LogP contribution is -2.42. The van der Waals surface area contributed by atoms with Crippen LogP contribution in [-0.4, -0.2) is 33.3 Å². The molecule has 0 saturated carbocycles. The number of rotatable bonds is 7. The first-order valence-electron chi connectivity index (χ1n) is 11.6. The summed E-state index contributed by atoms with van der Waals surface area (Å²) in [5.41, 5.74) is 4.34. The van der Waals surface area contributed by atoms with Gasteiger partial charge in [0.15, 0.2) is 5.76 Å². The number of fused-ring (bicyclic) bond motifs is 1. The number of aromatic nitrogens is 1. The zero-order valence-corrected chi connectivity index (χ0v) is 22.6. The number of furan rings is 1. The minimum absolute atomic E-state index is 0.0115. The molecule has 0 aliphatic carbocycles. The fourth-order valence-electron chi connectivity index (χ4n) is 3.67. The Bertz CT molecular complexity index is 1580. The molecule has 0 radical (unpaired) electrons. The molecule has 0 fully saturated rings. The lowest BCUT2D eigenvalue weighted by atomic mass is 9.91. The summed E-state index contributed by atoms with van der Waals surface area (Å²) in [7, 11) is 0. The number of hydrogen-bond acceptors (Lipinski definition) is 6. The summed E-state index contributed by atoms with van der Waals surface area (Å²) in [6, 6.07) is 15.8. The molecule has 2 amide bonds. The van der Waals surface area contributed by atoms with Crippen LogP contribution in [0.5, 0.6) is 0 Å². The van der Waals surface area contributed by atoms with Gasteiger partial charge in [0, 0.05) is 21.2 Å². The largest absolute Gasteiger partial charge is 0.432 e. The Morgan fingerprint density at radius 2 is 1.61 bits per heavy atom. The second-order valence-electron chi connectivity index (χ2n) is 9.86. The van der Waals surface area contributed by atoms with Gasteiger partial charge in [-0.15, -0.1) is 0 Å². The number of anilines is 1. The van der Waals surface area contributed by atoms with Gasteiger partial charge in [-0.25, -0.2) is 4.98 Å². The SMILES string of the molecule is CC(C)(O)C(=O)c1oc2nc(-c3ccccc3Cl)c(-c3ccc(Cl)cc3)cc2c1NC(=O)C(C)(C)C(N)=O. The van der Waals surface area contributed by atoms with Crippen LogP contribution in [0, 0.1) is 5.41 Å². The van der Waals surface area contributed by atoms with Gasteiger partial charge in [0.1, 0.15) is 16.7 Å². The number of halogens is 2. The highest BCUT2D eigenvalue weighted by Gasteiger charge is 2.38. The van der Waals surface area contributed by atoms with Gasteiger partial charge in [-0.05, 0) is 57.5 Å².